The standard InChI is InChI=1S/C17H19N3O6S/c1-4-25-15(21)9-26-12-6-5-11(7-13(12)24-3)8-14(16(22)23)27-17-18-10(2)19-20-17/h5-8H,4,9H2,1-3H3,(H,22,23)(H,18,19,20)/b14-8-. The second-order valence-corrected chi connectivity index (χ2v) is 6.13. The number of nitrogens with one attached hydrogen (secondary N) is 1. The van der Waals surface area contributed by atoms with Crippen LogP contribution in [0.15, 0.2) is 28.3 Å². The van der Waals surface area contributed by atoms with Crippen molar-refractivity contribution in [2.75, 3.05) is 20.3 Å². The van der Waals surface area contributed by atoms with Crippen LogP contribution in [0.1, 0.15) is 18.3 Å². The maximum atomic E-state index is 11.5. The summed E-state index contributed by atoms with van der Waals surface area (Å²) in [6.45, 7) is 3.45. The lowest BCUT2D eigenvalue weighted by atomic mass is 10.2. The van der Waals surface area contributed by atoms with Gasteiger partial charge in [-0.05, 0) is 49.4 Å². The van der Waals surface area contributed by atoms with Crippen molar-refractivity contribution < 1.29 is 28.9 Å². The predicted molar refractivity (Wildman–Crippen MR) is 97.7 cm³/mol. The largest absolute Gasteiger partial charge is 0.493 e. The smallest absolute Gasteiger partial charge is 0.344 e. The molecule has 0 aliphatic carbocycles. The Kier molecular flexibility index (Phi) is 7.24. The minimum absolute atomic E-state index is 0.0382. The molecule has 2 N–H and O–H groups in total. The number of aryl methyl sites for hydroxylation is 1. The van der Waals surface area contributed by atoms with Gasteiger partial charge in [0.05, 0.1) is 13.7 Å². The maximum Gasteiger partial charge on any atom is 0.344 e. The summed E-state index contributed by atoms with van der Waals surface area (Å²) in [6.07, 6.45) is 1.47. The van der Waals surface area contributed by atoms with Crippen LogP contribution in [0.5, 0.6) is 11.5 Å². The number of esters is 1. The Labute approximate surface area is 159 Å². The van der Waals surface area contributed by atoms with Gasteiger partial charge in [-0.25, -0.2) is 14.6 Å². The molecule has 0 fully saturated rings. The van der Waals surface area contributed by atoms with Gasteiger partial charge in [0.25, 0.3) is 0 Å². The number of nitrogens with zero attached hydrogens (tertiary/aromatic N) is 2. The lowest BCUT2D eigenvalue weighted by molar-refractivity contribution is -0.145. The van der Waals surface area contributed by atoms with Gasteiger partial charge in [-0.3, -0.25) is 5.10 Å². The molecular weight excluding hydrogens is 374 g/mol. The number of carbonyl (C=O) groups is 2. The second-order valence-electron chi connectivity index (χ2n) is 5.12. The molecule has 1 heterocycles. The van der Waals surface area contributed by atoms with Gasteiger partial charge in [0.15, 0.2) is 18.1 Å². The number of benzene rings is 1. The zero-order valence-corrected chi connectivity index (χ0v) is 15.8. The highest BCUT2D eigenvalue weighted by atomic mass is 32.2. The van der Waals surface area contributed by atoms with Crippen molar-refractivity contribution >= 4 is 29.8 Å². The summed E-state index contributed by atoms with van der Waals surface area (Å²) in [7, 11) is 1.45. The van der Waals surface area contributed by atoms with Gasteiger partial charge in [-0.15, -0.1) is 5.10 Å². The summed E-state index contributed by atoms with van der Waals surface area (Å²) in [5, 5.41) is 16.3. The van der Waals surface area contributed by atoms with Crippen LogP contribution in [0.3, 0.4) is 0 Å². The normalized spacial score (nSPS) is 11.1. The third-order valence-electron chi connectivity index (χ3n) is 3.13. The summed E-state index contributed by atoms with van der Waals surface area (Å²) in [5.41, 5.74) is 0.576. The number of carboxylic acid groups (broad SMARTS) is 1. The molecule has 0 atom stereocenters. The van der Waals surface area contributed by atoms with Crippen molar-refractivity contribution in [2.45, 2.75) is 19.0 Å². The first kappa shape index (κ1) is 20.3. The topological polar surface area (TPSA) is 124 Å². The van der Waals surface area contributed by atoms with E-state index < -0.39 is 11.9 Å². The molecule has 1 aromatic carbocycles. The molecule has 0 bridgehead atoms. The molecule has 0 unspecified atom stereocenters. The minimum Gasteiger partial charge on any atom is -0.493 e. The Hall–Kier alpha value is -3.01. The van der Waals surface area contributed by atoms with Crippen LogP contribution in [0.25, 0.3) is 6.08 Å². The molecule has 2 aromatic rings. The number of H-pyrrole nitrogens is 1. The van der Waals surface area contributed by atoms with E-state index in [0.29, 0.717) is 28.0 Å². The van der Waals surface area contributed by atoms with Crippen molar-refractivity contribution in [3.63, 3.8) is 0 Å². The first-order chi connectivity index (χ1) is 12.9. The Bertz CT molecular complexity index is 849. The van der Waals surface area contributed by atoms with Crippen molar-refractivity contribution in [1.82, 2.24) is 15.2 Å². The van der Waals surface area contributed by atoms with Gasteiger partial charge >= 0.3 is 11.9 Å². The fourth-order valence-corrected chi connectivity index (χ4v) is 2.74. The molecule has 0 amide bonds. The summed E-state index contributed by atoms with van der Waals surface area (Å²) in [4.78, 5) is 27.0. The van der Waals surface area contributed by atoms with Crippen molar-refractivity contribution in [2.24, 2.45) is 0 Å². The van der Waals surface area contributed by atoms with E-state index in [-0.39, 0.29) is 18.1 Å². The van der Waals surface area contributed by atoms with E-state index in [2.05, 4.69) is 15.2 Å². The zero-order valence-electron chi connectivity index (χ0n) is 15.0. The van der Waals surface area contributed by atoms with E-state index >= 15 is 0 Å². The third-order valence-corrected chi connectivity index (χ3v) is 4.00. The van der Waals surface area contributed by atoms with Gasteiger partial charge in [0.1, 0.15) is 10.7 Å². The van der Waals surface area contributed by atoms with E-state index in [1.807, 2.05) is 0 Å². The third kappa shape index (κ3) is 6.03. The monoisotopic (exact) mass is 393 g/mol. The number of hydrogen-bond donors (Lipinski definition) is 2. The number of ether oxygens (including phenoxy) is 3. The fourth-order valence-electron chi connectivity index (χ4n) is 1.98. The minimum atomic E-state index is -1.11. The molecule has 0 spiro atoms. The molecule has 0 aliphatic rings. The van der Waals surface area contributed by atoms with E-state index in [1.165, 1.54) is 13.2 Å². The molecule has 27 heavy (non-hydrogen) atoms. The van der Waals surface area contributed by atoms with E-state index in [9.17, 15) is 14.7 Å². The Morgan fingerprint density at radius 1 is 1.33 bits per heavy atom. The molecule has 144 valence electrons. The van der Waals surface area contributed by atoms with Crippen molar-refractivity contribution in [3.8, 4) is 11.5 Å². The summed E-state index contributed by atoms with van der Waals surface area (Å²) in [5.74, 6) is -0.306. The van der Waals surface area contributed by atoms with Gasteiger partial charge in [0, 0.05) is 0 Å². The summed E-state index contributed by atoms with van der Waals surface area (Å²) in [6, 6.07) is 4.84. The molecule has 9 nitrogen and oxygen atoms in total. The number of aromatic amines is 1. The van der Waals surface area contributed by atoms with Crippen LogP contribution in [0, 0.1) is 6.92 Å². The zero-order chi connectivity index (χ0) is 19.8. The van der Waals surface area contributed by atoms with Gasteiger partial charge in [-0.1, -0.05) is 6.07 Å². The number of aromatic nitrogens is 3. The van der Waals surface area contributed by atoms with Gasteiger partial charge in [0.2, 0.25) is 5.16 Å². The highest BCUT2D eigenvalue weighted by molar-refractivity contribution is 8.04. The first-order valence-electron chi connectivity index (χ1n) is 7.91. The van der Waals surface area contributed by atoms with Crippen molar-refractivity contribution in [1.29, 1.82) is 0 Å². The number of methoxy groups -OCH3 is 1. The van der Waals surface area contributed by atoms with E-state index in [0.717, 1.165) is 11.8 Å². The average molecular weight is 393 g/mol. The second kappa shape index (κ2) is 9.62. The highest BCUT2D eigenvalue weighted by Gasteiger charge is 2.14. The summed E-state index contributed by atoms with van der Waals surface area (Å²) >= 11 is 0.925. The number of aliphatic carboxylic acids is 1. The van der Waals surface area contributed by atoms with E-state index in [1.54, 1.807) is 32.0 Å². The van der Waals surface area contributed by atoms with Crippen LogP contribution in [-0.2, 0) is 14.3 Å². The SMILES string of the molecule is CCOC(=O)COc1ccc(/C=C(\Sc2n[nH]c(C)n2)C(=O)O)cc1OC. The predicted octanol–water partition coefficient (Wildman–Crippen LogP) is 2.28. The van der Waals surface area contributed by atoms with Crippen LogP contribution < -0.4 is 9.47 Å². The molecule has 0 saturated heterocycles. The lowest BCUT2D eigenvalue weighted by Crippen LogP contribution is -2.14. The molecule has 0 aliphatic heterocycles. The van der Waals surface area contributed by atoms with Crippen LogP contribution in [-0.4, -0.2) is 52.6 Å². The quantitative estimate of drug-likeness (QED) is 0.375. The number of carbonyl (C=O) groups excluding carboxylic acids is 1. The number of hydrogen-bond acceptors (Lipinski definition) is 8. The molecule has 1 aromatic heterocycles. The molecule has 10 heteroatoms. The number of carboxylic acids is 1. The highest BCUT2D eigenvalue weighted by Crippen LogP contribution is 2.31. The molecule has 2 rings (SSSR count). The number of rotatable bonds is 9. The molecule has 0 radical (unpaired) electrons. The molecule has 0 saturated carbocycles. The lowest BCUT2D eigenvalue weighted by Gasteiger charge is -2.11. The maximum absolute atomic E-state index is 11.5. The Balaban J connectivity index is 2.19. The average Bonchev–Trinajstić information content (AvgIpc) is 3.05. The van der Waals surface area contributed by atoms with Crippen LogP contribution >= 0.6 is 11.8 Å². The van der Waals surface area contributed by atoms with Crippen LogP contribution in [0.2, 0.25) is 0 Å². The Morgan fingerprint density at radius 2 is 2.11 bits per heavy atom. The summed E-state index contributed by atoms with van der Waals surface area (Å²) < 4.78 is 15.4. The number of thioether (sulfide) groups is 1. The Morgan fingerprint density at radius 3 is 2.70 bits per heavy atom. The molecular formula is C17H19N3O6S. The van der Waals surface area contributed by atoms with E-state index in [4.69, 9.17) is 14.2 Å². The first-order valence-corrected chi connectivity index (χ1v) is 8.73. The van der Waals surface area contributed by atoms with Gasteiger partial charge < -0.3 is 19.3 Å². The van der Waals surface area contributed by atoms with Crippen LogP contribution in [0.4, 0.5) is 0 Å². The van der Waals surface area contributed by atoms with Crippen molar-refractivity contribution in [3.05, 3.63) is 34.5 Å². The fraction of sp³-hybridized carbons (Fsp3) is 0.294. The van der Waals surface area contributed by atoms with Gasteiger partial charge in [-0.2, -0.15) is 0 Å².